The molecule has 0 amide bonds. The molecule has 0 unspecified atom stereocenters. The highest BCUT2D eigenvalue weighted by Crippen LogP contribution is 2.21. The molecule has 3 heterocycles. The zero-order chi connectivity index (χ0) is 17.2. The summed E-state index contributed by atoms with van der Waals surface area (Å²) in [7, 11) is 0. The van der Waals surface area contributed by atoms with E-state index in [1.54, 1.807) is 17.0 Å². The van der Waals surface area contributed by atoms with Gasteiger partial charge in [-0.05, 0) is 48.9 Å². The van der Waals surface area contributed by atoms with Crippen molar-refractivity contribution in [3.05, 3.63) is 45.6 Å². The molecule has 6 heteroatoms. The van der Waals surface area contributed by atoms with Gasteiger partial charge in [0.15, 0.2) is 0 Å². The Bertz CT molecular complexity index is 709. The number of nitrogens with zero attached hydrogens (tertiary/aromatic N) is 4. The molecule has 1 saturated heterocycles. The van der Waals surface area contributed by atoms with E-state index in [0.717, 1.165) is 44.7 Å². The molecule has 24 heavy (non-hydrogen) atoms. The Morgan fingerprint density at radius 1 is 1.29 bits per heavy atom. The van der Waals surface area contributed by atoms with E-state index in [1.165, 1.54) is 17.1 Å². The summed E-state index contributed by atoms with van der Waals surface area (Å²) in [5.41, 5.74) is 2.15. The molecule has 0 bridgehead atoms. The van der Waals surface area contributed by atoms with Crippen LogP contribution in [-0.2, 0) is 18.5 Å². The second-order valence-electron chi connectivity index (χ2n) is 7.77. The Kier molecular flexibility index (Phi) is 5.15. The van der Waals surface area contributed by atoms with Crippen molar-refractivity contribution in [1.82, 2.24) is 18.8 Å². The smallest absolute Gasteiger partial charge is 0.253 e. The van der Waals surface area contributed by atoms with Crippen molar-refractivity contribution < 1.29 is 0 Å². The molecule has 0 spiro atoms. The van der Waals surface area contributed by atoms with Crippen LogP contribution in [0, 0.1) is 5.92 Å². The van der Waals surface area contributed by atoms with Crippen molar-refractivity contribution in [2.24, 2.45) is 5.92 Å². The third kappa shape index (κ3) is 4.30. The lowest BCUT2D eigenvalue weighted by Crippen LogP contribution is -2.36. The molecule has 0 aliphatic carbocycles. The second kappa shape index (κ2) is 7.15. The Labute approximate surface area is 147 Å². The topological polar surface area (TPSA) is 51.0 Å². The molecular formula is C18H26N4OS. The van der Waals surface area contributed by atoms with E-state index in [1.807, 2.05) is 6.20 Å². The maximum Gasteiger partial charge on any atom is 0.253 e. The lowest BCUT2D eigenvalue weighted by Gasteiger charge is -2.31. The Hall–Kier alpha value is -1.53. The quantitative estimate of drug-likeness (QED) is 0.854. The molecular weight excluding hydrogens is 320 g/mol. The zero-order valence-electron chi connectivity index (χ0n) is 14.7. The Morgan fingerprint density at radius 2 is 2.04 bits per heavy atom. The maximum absolute atomic E-state index is 12.3. The SMILES string of the molecule is CC(C)(C)c1cc(=O)n(CC2CCN(Cc3cnsc3)CC2)cn1. The van der Waals surface area contributed by atoms with E-state index >= 15 is 0 Å². The van der Waals surface area contributed by atoms with Gasteiger partial charge in [-0.25, -0.2) is 9.36 Å². The van der Waals surface area contributed by atoms with Crippen LogP contribution in [0.25, 0.3) is 0 Å². The van der Waals surface area contributed by atoms with Crippen LogP contribution in [0.15, 0.2) is 28.8 Å². The average molecular weight is 347 g/mol. The molecule has 3 rings (SSSR count). The van der Waals surface area contributed by atoms with Gasteiger partial charge in [-0.3, -0.25) is 14.3 Å². The number of hydrogen-bond donors (Lipinski definition) is 0. The largest absolute Gasteiger partial charge is 0.299 e. The molecule has 2 aromatic heterocycles. The first-order chi connectivity index (χ1) is 11.4. The van der Waals surface area contributed by atoms with Gasteiger partial charge in [-0.2, -0.15) is 0 Å². The first-order valence-electron chi connectivity index (χ1n) is 8.59. The molecule has 130 valence electrons. The lowest BCUT2D eigenvalue weighted by atomic mass is 9.92. The van der Waals surface area contributed by atoms with Crippen molar-refractivity contribution in [3.63, 3.8) is 0 Å². The molecule has 0 atom stereocenters. The van der Waals surface area contributed by atoms with Gasteiger partial charge in [-0.1, -0.05) is 20.8 Å². The maximum atomic E-state index is 12.3. The van der Waals surface area contributed by atoms with E-state index < -0.39 is 0 Å². The molecule has 1 aliphatic rings. The van der Waals surface area contributed by atoms with Crippen LogP contribution < -0.4 is 5.56 Å². The average Bonchev–Trinajstić information content (AvgIpc) is 3.03. The van der Waals surface area contributed by atoms with Gasteiger partial charge in [0.25, 0.3) is 5.56 Å². The number of hydrogen-bond acceptors (Lipinski definition) is 5. The standard InChI is InChI=1S/C18H26N4OS/c1-18(2,3)16-8-17(23)22(13-19-16)11-14-4-6-21(7-5-14)10-15-9-20-24-12-15/h8-9,12-14H,4-7,10-11H2,1-3H3. The molecule has 2 aromatic rings. The van der Waals surface area contributed by atoms with Crippen LogP contribution >= 0.6 is 11.5 Å². The van der Waals surface area contributed by atoms with E-state index in [2.05, 4.69) is 40.4 Å². The summed E-state index contributed by atoms with van der Waals surface area (Å²) in [4.78, 5) is 19.3. The lowest BCUT2D eigenvalue weighted by molar-refractivity contribution is 0.166. The fraction of sp³-hybridized carbons (Fsp3) is 0.611. The second-order valence-corrected chi connectivity index (χ2v) is 8.42. The first-order valence-corrected chi connectivity index (χ1v) is 9.43. The van der Waals surface area contributed by atoms with Gasteiger partial charge in [0.2, 0.25) is 0 Å². The van der Waals surface area contributed by atoms with Gasteiger partial charge in [0.1, 0.15) is 0 Å². The molecule has 0 N–H and O–H groups in total. The fourth-order valence-corrected chi connectivity index (χ4v) is 3.67. The first kappa shape index (κ1) is 17.3. The summed E-state index contributed by atoms with van der Waals surface area (Å²) in [5.74, 6) is 0.557. The summed E-state index contributed by atoms with van der Waals surface area (Å²) in [6.07, 6.45) is 5.95. The summed E-state index contributed by atoms with van der Waals surface area (Å²) in [6, 6.07) is 1.69. The third-order valence-electron chi connectivity index (χ3n) is 4.70. The highest BCUT2D eigenvalue weighted by Gasteiger charge is 2.21. The Balaban J connectivity index is 1.55. The normalized spacial score (nSPS) is 17.3. The van der Waals surface area contributed by atoms with Gasteiger partial charge in [0.05, 0.1) is 12.0 Å². The van der Waals surface area contributed by atoms with Crippen LogP contribution in [0.2, 0.25) is 0 Å². The highest BCUT2D eigenvalue weighted by atomic mass is 32.1. The monoisotopic (exact) mass is 346 g/mol. The third-order valence-corrected chi connectivity index (χ3v) is 5.33. The van der Waals surface area contributed by atoms with Crippen LogP contribution in [0.3, 0.4) is 0 Å². The number of aromatic nitrogens is 3. The Morgan fingerprint density at radius 3 is 2.62 bits per heavy atom. The van der Waals surface area contributed by atoms with Crippen LogP contribution in [0.5, 0.6) is 0 Å². The van der Waals surface area contributed by atoms with Crippen molar-refractivity contribution in [3.8, 4) is 0 Å². The molecule has 1 aliphatic heterocycles. The van der Waals surface area contributed by atoms with E-state index in [4.69, 9.17) is 0 Å². The summed E-state index contributed by atoms with van der Waals surface area (Å²) in [5, 5.41) is 2.12. The molecule has 0 radical (unpaired) electrons. The van der Waals surface area contributed by atoms with Gasteiger partial charge in [0, 0.05) is 36.1 Å². The predicted octanol–water partition coefficient (Wildman–Crippen LogP) is 2.91. The van der Waals surface area contributed by atoms with Crippen molar-refractivity contribution in [2.75, 3.05) is 13.1 Å². The molecule has 0 saturated carbocycles. The summed E-state index contributed by atoms with van der Waals surface area (Å²) < 4.78 is 5.94. The van der Waals surface area contributed by atoms with Gasteiger partial charge < -0.3 is 0 Å². The minimum atomic E-state index is -0.0832. The van der Waals surface area contributed by atoms with E-state index in [-0.39, 0.29) is 11.0 Å². The highest BCUT2D eigenvalue weighted by molar-refractivity contribution is 7.03. The van der Waals surface area contributed by atoms with E-state index in [0.29, 0.717) is 5.92 Å². The molecule has 5 nitrogen and oxygen atoms in total. The van der Waals surface area contributed by atoms with E-state index in [9.17, 15) is 4.79 Å². The van der Waals surface area contributed by atoms with Gasteiger partial charge >= 0.3 is 0 Å². The van der Waals surface area contributed by atoms with Crippen molar-refractivity contribution >= 4 is 11.5 Å². The molecule has 1 fully saturated rings. The minimum absolute atomic E-state index is 0.0710. The van der Waals surface area contributed by atoms with Gasteiger partial charge in [-0.15, -0.1) is 0 Å². The van der Waals surface area contributed by atoms with Crippen molar-refractivity contribution in [2.45, 2.75) is 52.1 Å². The number of rotatable bonds is 4. The number of likely N-dealkylation sites (tertiary alicyclic amines) is 1. The number of piperidine rings is 1. The zero-order valence-corrected chi connectivity index (χ0v) is 15.6. The molecule has 0 aromatic carbocycles. The minimum Gasteiger partial charge on any atom is -0.299 e. The summed E-state index contributed by atoms with van der Waals surface area (Å²) in [6.45, 7) is 10.2. The van der Waals surface area contributed by atoms with Crippen LogP contribution in [0.4, 0.5) is 0 Å². The fourth-order valence-electron chi connectivity index (χ4n) is 3.14. The predicted molar refractivity (Wildman–Crippen MR) is 97.3 cm³/mol. The van der Waals surface area contributed by atoms with Crippen LogP contribution in [0.1, 0.15) is 44.9 Å². The summed E-state index contributed by atoms with van der Waals surface area (Å²) >= 11 is 1.51. The van der Waals surface area contributed by atoms with Crippen molar-refractivity contribution in [1.29, 1.82) is 0 Å². The van der Waals surface area contributed by atoms with Crippen LogP contribution in [-0.4, -0.2) is 31.9 Å².